The summed E-state index contributed by atoms with van der Waals surface area (Å²) in [6, 6.07) is 7.71. The first kappa shape index (κ1) is 9.46. The van der Waals surface area contributed by atoms with E-state index < -0.39 is 0 Å². The fourth-order valence-corrected chi connectivity index (χ4v) is 1.11. The highest BCUT2D eigenvalue weighted by atomic mass is 32.1. The summed E-state index contributed by atoms with van der Waals surface area (Å²) in [5, 5.41) is 0. The molecule has 0 aliphatic rings. The van der Waals surface area contributed by atoms with Gasteiger partial charge in [0.2, 0.25) is 0 Å². The molecule has 0 aliphatic heterocycles. The Bertz CT molecular complexity index is 263. The van der Waals surface area contributed by atoms with Crippen molar-refractivity contribution in [2.45, 2.75) is 31.3 Å². The fourth-order valence-electron chi connectivity index (χ4n) is 0.901. The van der Waals surface area contributed by atoms with Crippen molar-refractivity contribution in [3.63, 3.8) is 0 Å². The van der Waals surface area contributed by atoms with Crippen LogP contribution < -0.4 is 4.74 Å². The standard InChI is InChI=1S/C10H14OS/c1-10(2,3)11-8-5-4-6-9(12)7-8/h4-7,12H,1-3H3. The topological polar surface area (TPSA) is 9.23 Å². The van der Waals surface area contributed by atoms with E-state index in [4.69, 9.17) is 4.74 Å². The summed E-state index contributed by atoms with van der Waals surface area (Å²) in [6.45, 7) is 6.08. The highest BCUT2D eigenvalue weighted by molar-refractivity contribution is 7.80. The summed E-state index contributed by atoms with van der Waals surface area (Å²) in [7, 11) is 0. The van der Waals surface area contributed by atoms with Crippen molar-refractivity contribution >= 4 is 12.6 Å². The van der Waals surface area contributed by atoms with Gasteiger partial charge in [0, 0.05) is 4.90 Å². The van der Waals surface area contributed by atoms with Gasteiger partial charge in [0.25, 0.3) is 0 Å². The number of rotatable bonds is 1. The van der Waals surface area contributed by atoms with Crippen LogP contribution in [0.3, 0.4) is 0 Å². The van der Waals surface area contributed by atoms with Gasteiger partial charge in [-0.1, -0.05) is 6.07 Å². The van der Waals surface area contributed by atoms with E-state index in [0.29, 0.717) is 0 Å². The molecule has 0 heterocycles. The Balaban J connectivity index is 2.77. The molecule has 1 rings (SSSR count). The van der Waals surface area contributed by atoms with Gasteiger partial charge in [-0.3, -0.25) is 0 Å². The largest absolute Gasteiger partial charge is 0.488 e. The molecule has 0 saturated heterocycles. The van der Waals surface area contributed by atoms with Gasteiger partial charge in [0.1, 0.15) is 11.4 Å². The van der Waals surface area contributed by atoms with E-state index in [1.807, 2.05) is 45.0 Å². The fraction of sp³-hybridized carbons (Fsp3) is 0.400. The number of hydrogen-bond acceptors (Lipinski definition) is 2. The Morgan fingerprint density at radius 2 is 1.92 bits per heavy atom. The highest BCUT2D eigenvalue weighted by Crippen LogP contribution is 2.20. The molecule has 0 N–H and O–H groups in total. The second-order valence-electron chi connectivity index (χ2n) is 3.71. The van der Waals surface area contributed by atoms with Gasteiger partial charge < -0.3 is 4.74 Å². The normalized spacial score (nSPS) is 11.3. The maximum atomic E-state index is 5.63. The zero-order valence-electron chi connectivity index (χ0n) is 7.66. The quantitative estimate of drug-likeness (QED) is 0.656. The zero-order chi connectivity index (χ0) is 9.19. The molecule has 0 spiro atoms. The second-order valence-corrected chi connectivity index (χ2v) is 4.23. The molecule has 2 heteroatoms. The second kappa shape index (κ2) is 3.40. The molecule has 0 radical (unpaired) electrons. The van der Waals surface area contributed by atoms with Crippen LogP contribution >= 0.6 is 12.6 Å². The molecular formula is C10H14OS. The lowest BCUT2D eigenvalue weighted by atomic mass is 10.2. The van der Waals surface area contributed by atoms with Gasteiger partial charge in [-0.05, 0) is 39.0 Å². The highest BCUT2D eigenvalue weighted by Gasteiger charge is 2.10. The molecule has 12 heavy (non-hydrogen) atoms. The van der Waals surface area contributed by atoms with Gasteiger partial charge in [-0.15, -0.1) is 12.6 Å². The first-order valence-corrected chi connectivity index (χ1v) is 4.40. The van der Waals surface area contributed by atoms with Gasteiger partial charge >= 0.3 is 0 Å². The molecule has 0 saturated carbocycles. The third-order valence-corrected chi connectivity index (χ3v) is 1.52. The van der Waals surface area contributed by atoms with E-state index in [1.165, 1.54) is 0 Å². The minimum atomic E-state index is -0.137. The molecule has 0 fully saturated rings. The summed E-state index contributed by atoms with van der Waals surface area (Å²) >= 11 is 4.22. The van der Waals surface area contributed by atoms with Crippen molar-refractivity contribution in [2.24, 2.45) is 0 Å². The lowest BCUT2D eigenvalue weighted by molar-refractivity contribution is 0.130. The molecule has 0 atom stereocenters. The van der Waals surface area contributed by atoms with Crippen molar-refractivity contribution in [3.8, 4) is 5.75 Å². The minimum Gasteiger partial charge on any atom is -0.488 e. The van der Waals surface area contributed by atoms with E-state index in [0.717, 1.165) is 10.6 Å². The molecular weight excluding hydrogens is 168 g/mol. The Morgan fingerprint density at radius 3 is 2.42 bits per heavy atom. The van der Waals surface area contributed by atoms with E-state index in [9.17, 15) is 0 Å². The van der Waals surface area contributed by atoms with Crippen LogP contribution in [-0.4, -0.2) is 5.60 Å². The van der Waals surface area contributed by atoms with Crippen molar-refractivity contribution in [1.82, 2.24) is 0 Å². The van der Waals surface area contributed by atoms with Gasteiger partial charge in [0.15, 0.2) is 0 Å². The van der Waals surface area contributed by atoms with E-state index in [1.54, 1.807) is 0 Å². The van der Waals surface area contributed by atoms with Gasteiger partial charge in [-0.25, -0.2) is 0 Å². The molecule has 1 aromatic rings. The van der Waals surface area contributed by atoms with Crippen LogP contribution in [0.2, 0.25) is 0 Å². The molecule has 0 amide bonds. The molecule has 0 unspecified atom stereocenters. The number of thiol groups is 1. The summed E-state index contributed by atoms with van der Waals surface area (Å²) in [4.78, 5) is 0.928. The number of hydrogen-bond donors (Lipinski definition) is 1. The lowest BCUT2D eigenvalue weighted by Crippen LogP contribution is -2.22. The lowest BCUT2D eigenvalue weighted by Gasteiger charge is -2.21. The Hall–Kier alpha value is -0.630. The first-order valence-electron chi connectivity index (χ1n) is 3.95. The van der Waals surface area contributed by atoms with Crippen LogP contribution in [0.1, 0.15) is 20.8 Å². The summed E-state index contributed by atoms with van der Waals surface area (Å²) < 4.78 is 5.63. The van der Waals surface area contributed by atoms with Crippen molar-refractivity contribution in [2.75, 3.05) is 0 Å². The first-order chi connectivity index (χ1) is 5.47. The third-order valence-electron chi connectivity index (χ3n) is 1.24. The predicted molar refractivity (Wildman–Crippen MR) is 54.1 cm³/mol. The molecule has 1 nitrogen and oxygen atoms in total. The van der Waals surface area contributed by atoms with Crippen LogP contribution in [0.15, 0.2) is 29.2 Å². The molecule has 0 aromatic heterocycles. The smallest absolute Gasteiger partial charge is 0.121 e. The maximum absolute atomic E-state index is 5.63. The predicted octanol–water partition coefficient (Wildman–Crippen LogP) is 3.15. The van der Waals surface area contributed by atoms with Crippen LogP contribution in [0, 0.1) is 0 Å². The minimum absolute atomic E-state index is 0.137. The monoisotopic (exact) mass is 182 g/mol. The average Bonchev–Trinajstić information content (AvgIpc) is 1.82. The van der Waals surface area contributed by atoms with Gasteiger partial charge in [0.05, 0.1) is 0 Å². The van der Waals surface area contributed by atoms with Crippen molar-refractivity contribution < 1.29 is 4.74 Å². The molecule has 66 valence electrons. The maximum Gasteiger partial charge on any atom is 0.121 e. The summed E-state index contributed by atoms with van der Waals surface area (Å²) in [5.41, 5.74) is -0.137. The summed E-state index contributed by atoms with van der Waals surface area (Å²) in [5.74, 6) is 0.870. The Kier molecular flexibility index (Phi) is 2.68. The Morgan fingerprint density at radius 1 is 1.25 bits per heavy atom. The summed E-state index contributed by atoms with van der Waals surface area (Å²) in [6.07, 6.45) is 0. The van der Waals surface area contributed by atoms with Crippen molar-refractivity contribution in [1.29, 1.82) is 0 Å². The Labute approximate surface area is 79.2 Å². The van der Waals surface area contributed by atoms with E-state index >= 15 is 0 Å². The van der Waals surface area contributed by atoms with E-state index in [-0.39, 0.29) is 5.60 Å². The third kappa shape index (κ3) is 3.18. The van der Waals surface area contributed by atoms with Crippen LogP contribution in [0.4, 0.5) is 0 Å². The molecule has 1 aromatic carbocycles. The van der Waals surface area contributed by atoms with Crippen LogP contribution in [0.25, 0.3) is 0 Å². The van der Waals surface area contributed by atoms with Crippen molar-refractivity contribution in [3.05, 3.63) is 24.3 Å². The van der Waals surface area contributed by atoms with Crippen LogP contribution in [-0.2, 0) is 0 Å². The molecule has 0 bridgehead atoms. The van der Waals surface area contributed by atoms with E-state index in [2.05, 4.69) is 12.6 Å². The van der Waals surface area contributed by atoms with Gasteiger partial charge in [-0.2, -0.15) is 0 Å². The zero-order valence-corrected chi connectivity index (χ0v) is 8.56. The van der Waals surface area contributed by atoms with Crippen LogP contribution in [0.5, 0.6) is 5.75 Å². The SMILES string of the molecule is CC(C)(C)Oc1cccc(S)c1. The molecule has 0 aliphatic carbocycles. The average molecular weight is 182 g/mol. The number of benzene rings is 1. The number of ether oxygens (including phenoxy) is 1.